The van der Waals surface area contributed by atoms with Gasteiger partial charge in [0.1, 0.15) is 6.20 Å². The molecule has 1 aromatic heterocycles. The zero-order valence-corrected chi connectivity index (χ0v) is 8.53. The summed E-state index contributed by atoms with van der Waals surface area (Å²) >= 11 is 1.82. The molecule has 0 atom stereocenters. The Morgan fingerprint density at radius 2 is 2.00 bits per heavy atom. The van der Waals surface area contributed by atoms with Gasteiger partial charge in [-0.1, -0.05) is 20.8 Å². The largest absolute Gasteiger partial charge is 0.287 e. The Morgan fingerprint density at radius 1 is 1.33 bits per heavy atom. The highest BCUT2D eigenvalue weighted by Gasteiger charge is 2.12. The number of aromatic nitrogens is 1. The van der Waals surface area contributed by atoms with E-state index in [0.717, 1.165) is 0 Å². The van der Waals surface area contributed by atoms with E-state index in [1.807, 2.05) is 30.1 Å². The zero-order chi connectivity index (χ0) is 9.19. The molecule has 0 bridgehead atoms. The van der Waals surface area contributed by atoms with Crippen molar-refractivity contribution in [3.63, 3.8) is 0 Å². The van der Waals surface area contributed by atoms with Gasteiger partial charge in [-0.2, -0.15) is 0 Å². The highest BCUT2D eigenvalue weighted by Crippen LogP contribution is 2.30. The Labute approximate surface area is 77.6 Å². The predicted molar refractivity (Wildman–Crippen MR) is 53.0 cm³/mol. The third kappa shape index (κ3) is 3.13. The smallest absolute Gasteiger partial charge is 0.270 e. The van der Waals surface area contributed by atoms with Gasteiger partial charge >= 0.3 is 0 Å². The predicted octanol–water partition coefficient (Wildman–Crippen LogP) is 1.97. The molecule has 1 rings (SSSR count). The topological polar surface area (TPSA) is 40.2 Å². The number of nitrogens with two attached hydrogens (primary N) is 1. The molecule has 3 N–H and O–H groups in total. The number of thioether (sulfide) groups is 1. The van der Waals surface area contributed by atoms with Crippen LogP contribution < -0.4 is 10.7 Å². The Morgan fingerprint density at radius 3 is 2.42 bits per heavy atom. The second-order valence-corrected chi connectivity index (χ2v) is 5.59. The fourth-order valence-corrected chi connectivity index (χ4v) is 1.80. The summed E-state index contributed by atoms with van der Waals surface area (Å²) in [5.74, 6) is 0.702. The SMILES string of the molecule is CC(C)(C)Sc1ccc(N)[nH+]c1. The normalized spacial score (nSPS) is 11.6. The van der Waals surface area contributed by atoms with E-state index in [4.69, 9.17) is 5.73 Å². The first-order valence-electron chi connectivity index (χ1n) is 3.93. The number of rotatable bonds is 1. The van der Waals surface area contributed by atoms with E-state index < -0.39 is 0 Å². The van der Waals surface area contributed by atoms with Crippen molar-refractivity contribution in [3.8, 4) is 0 Å². The lowest BCUT2D eigenvalue weighted by Gasteiger charge is -2.16. The first-order valence-corrected chi connectivity index (χ1v) is 4.75. The van der Waals surface area contributed by atoms with Crippen LogP contribution >= 0.6 is 11.8 Å². The Kier molecular flexibility index (Phi) is 2.62. The highest BCUT2D eigenvalue weighted by atomic mass is 32.2. The van der Waals surface area contributed by atoms with Crippen LogP contribution in [0.15, 0.2) is 23.2 Å². The van der Waals surface area contributed by atoms with Gasteiger partial charge in [0, 0.05) is 15.7 Å². The Bertz CT molecular complexity index is 248. The van der Waals surface area contributed by atoms with E-state index in [1.165, 1.54) is 4.90 Å². The number of pyridine rings is 1. The van der Waals surface area contributed by atoms with Crippen LogP contribution in [0.5, 0.6) is 0 Å². The molecule has 0 saturated heterocycles. The summed E-state index contributed by atoms with van der Waals surface area (Å²) in [5.41, 5.74) is 5.53. The second-order valence-electron chi connectivity index (χ2n) is 3.69. The van der Waals surface area contributed by atoms with Gasteiger partial charge in [-0.3, -0.25) is 5.73 Å². The molecule has 1 aromatic rings. The molecule has 0 radical (unpaired) electrons. The van der Waals surface area contributed by atoms with Crippen LogP contribution in [0.3, 0.4) is 0 Å². The summed E-state index contributed by atoms with van der Waals surface area (Å²) in [6, 6.07) is 3.91. The zero-order valence-electron chi connectivity index (χ0n) is 7.72. The highest BCUT2D eigenvalue weighted by molar-refractivity contribution is 8.00. The van der Waals surface area contributed by atoms with Crippen LogP contribution in [-0.4, -0.2) is 4.75 Å². The lowest BCUT2D eigenvalue weighted by molar-refractivity contribution is -0.363. The number of nitrogens with one attached hydrogen (secondary N) is 1. The number of nitrogen functional groups attached to an aromatic ring is 1. The summed E-state index contributed by atoms with van der Waals surface area (Å²) in [5, 5.41) is 0. The summed E-state index contributed by atoms with van der Waals surface area (Å²) in [6.45, 7) is 6.57. The van der Waals surface area contributed by atoms with Crippen molar-refractivity contribution < 1.29 is 4.98 Å². The molecule has 0 unspecified atom stereocenters. The van der Waals surface area contributed by atoms with E-state index in [1.54, 1.807) is 0 Å². The maximum atomic E-state index is 5.53. The standard InChI is InChI=1S/C9H14N2S/c1-9(2,3)12-7-4-5-8(10)11-6-7/h4-6H,1-3H3,(H2,10,11)/p+1. The first-order chi connectivity index (χ1) is 5.47. The number of aromatic amines is 1. The van der Waals surface area contributed by atoms with Crippen LogP contribution in [0.2, 0.25) is 0 Å². The van der Waals surface area contributed by atoms with Crippen molar-refractivity contribution in [3.05, 3.63) is 18.3 Å². The van der Waals surface area contributed by atoms with E-state index in [0.29, 0.717) is 5.82 Å². The minimum absolute atomic E-state index is 0.254. The molecule has 0 fully saturated rings. The minimum atomic E-state index is 0.254. The molecule has 12 heavy (non-hydrogen) atoms. The summed E-state index contributed by atoms with van der Waals surface area (Å²) in [7, 11) is 0. The van der Waals surface area contributed by atoms with Crippen molar-refractivity contribution >= 4 is 17.6 Å². The Hall–Kier alpha value is -0.700. The lowest BCUT2D eigenvalue weighted by atomic mass is 10.3. The molecule has 66 valence electrons. The van der Waals surface area contributed by atoms with Gasteiger partial charge in [-0.25, -0.2) is 4.98 Å². The molecule has 0 aliphatic carbocycles. The third-order valence-electron chi connectivity index (χ3n) is 1.23. The second kappa shape index (κ2) is 3.35. The summed E-state index contributed by atoms with van der Waals surface area (Å²) in [4.78, 5) is 4.20. The van der Waals surface area contributed by atoms with Crippen molar-refractivity contribution in [2.24, 2.45) is 0 Å². The monoisotopic (exact) mass is 183 g/mol. The van der Waals surface area contributed by atoms with Crippen molar-refractivity contribution in [2.45, 2.75) is 30.4 Å². The maximum absolute atomic E-state index is 5.53. The fourth-order valence-electron chi connectivity index (χ4n) is 0.840. The van der Waals surface area contributed by atoms with Crippen molar-refractivity contribution in [1.82, 2.24) is 0 Å². The number of H-pyrrole nitrogens is 1. The first kappa shape index (κ1) is 9.39. The van der Waals surface area contributed by atoms with Crippen molar-refractivity contribution in [1.29, 1.82) is 0 Å². The van der Waals surface area contributed by atoms with E-state index in [-0.39, 0.29) is 4.75 Å². The van der Waals surface area contributed by atoms with Crippen molar-refractivity contribution in [2.75, 3.05) is 5.73 Å². The summed E-state index contributed by atoms with van der Waals surface area (Å²) < 4.78 is 0.254. The molecule has 3 heteroatoms. The Balaban J connectivity index is 2.71. The van der Waals surface area contributed by atoms with E-state index >= 15 is 0 Å². The van der Waals surface area contributed by atoms with Gasteiger partial charge in [-0.05, 0) is 6.07 Å². The average Bonchev–Trinajstić information content (AvgIpc) is 1.91. The summed E-state index contributed by atoms with van der Waals surface area (Å²) in [6.07, 6.45) is 1.94. The van der Waals surface area contributed by atoms with Gasteiger partial charge in [0.05, 0.1) is 0 Å². The van der Waals surface area contributed by atoms with Crippen LogP contribution in [0, 0.1) is 0 Å². The third-order valence-corrected chi connectivity index (χ3v) is 2.33. The van der Waals surface area contributed by atoms with E-state index in [9.17, 15) is 0 Å². The van der Waals surface area contributed by atoms with Crippen LogP contribution in [0.25, 0.3) is 0 Å². The number of anilines is 1. The molecule has 0 aliphatic heterocycles. The van der Waals surface area contributed by atoms with Gasteiger partial charge in [-0.15, -0.1) is 11.8 Å². The molecule has 1 heterocycles. The maximum Gasteiger partial charge on any atom is 0.270 e. The minimum Gasteiger partial charge on any atom is -0.287 e. The lowest BCUT2D eigenvalue weighted by Crippen LogP contribution is -2.11. The molecule has 0 spiro atoms. The van der Waals surface area contributed by atoms with Crippen LogP contribution in [-0.2, 0) is 0 Å². The molecule has 2 nitrogen and oxygen atoms in total. The van der Waals surface area contributed by atoms with Gasteiger partial charge < -0.3 is 0 Å². The van der Waals surface area contributed by atoms with Gasteiger partial charge in [0.15, 0.2) is 0 Å². The molecule has 0 saturated carbocycles. The number of hydrogen-bond acceptors (Lipinski definition) is 2. The van der Waals surface area contributed by atoms with E-state index in [2.05, 4.69) is 25.8 Å². The molecular formula is C9H15N2S+. The quantitative estimate of drug-likeness (QED) is 0.676. The number of hydrogen-bond donors (Lipinski definition) is 1. The average molecular weight is 183 g/mol. The molecule has 0 aliphatic rings. The molecular weight excluding hydrogens is 168 g/mol. The van der Waals surface area contributed by atoms with Gasteiger partial charge in [0.25, 0.3) is 5.82 Å². The molecule has 0 amide bonds. The van der Waals surface area contributed by atoms with Gasteiger partial charge in [0.2, 0.25) is 0 Å². The van der Waals surface area contributed by atoms with Crippen LogP contribution in [0.1, 0.15) is 20.8 Å². The molecule has 0 aromatic carbocycles. The van der Waals surface area contributed by atoms with Crippen LogP contribution in [0.4, 0.5) is 5.82 Å². The fraction of sp³-hybridized carbons (Fsp3) is 0.444.